The molecule has 1 heterocycles. The number of hydrogen-bond donors (Lipinski definition) is 1. The summed E-state index contributed by atoms with van der Waals surface area (Å²) >= 11 is 5.93. The zero-order valence-corrected chi connectivity index (χ0v) is 8.71. The summed E-state index contributed by atoms with van der Waals surface area (Å²) in [6.07, 6.45) is 1.35. The lowest BCUT2D eigenvalue weighted by Crippen LogP contribution is -2.20. The number of nitrogens with zero attached hydrogens (tertiary/aromatic N) is 1. The summed E-state index contributed by atoms with van der Waals surface area (Å²) in [6.45, 7) is 0. The minimum absolute atomic E-state index is 0.236. The Morgan fingerprint density at radius 3 is 2.75 bits per heavy atom. The SMILES string of the molecule is O=C1c2cccc(Cl)c2C(=O)c2cn[nH]c21. The number of aromatic nitrogens is 2. The van der Waals surface area contributed by atoms with Gasteiger partial charge in [-0.05, 0) is 6.07 Å². The monoisotopic (exact) mass is 232 g/mol. The van der Waals surface area contributed by atoms with Crippen LogP contribution in [0.2, 0.25) is 5.02 Å². The van der Waals surface area contributed by atoms with Crippen LogP contribution in [-0.4, -0.2) is 21.8 Å². The highest BCUT2D eigenvalue weighted by molar-refractivity contribution is 6.38. The Morgan fingerprint density at radius 1 is 1.12 bits per heavy atom. The second kappa shape index (κ2) is 3.02. The van der Waals surface area contributed by atoms with Crippen molar-refractivity contribution in [1.82, 2.24) is 10.2 Å². The van der Waals surface area contributed by atoms with E-state index in [1.165, 1.54) is 6.20 Å². The first-order chi connectivity index (χ1) is 7.70. The van der Waals surface area contributed by atoms with E-state index >= 15 is 0 Å². The highest BCUT2D eigenvalue weighted by Gasteiger charge is 2.32. The largest absolute Gasteiger partial charge is 0.288 e. The molecule has 0 aliphatic heterocycles. The van der Waals surface area contributed by atoms with E-state index in [1.54, 1.807) is 18.2 Å². The van der Waals surface area contributed by atoms with Gasteiger partial charge in [0.25, 0.3) is 0 Å². The number of hydrogen-bond acceptors (Lipinski definition) is 3. The number of nitrogens with one attached hydrogen (secondary N) is 1. The van der Waals surface area contributed by atoms with Gasteiger partial charge in [0, 0.05) is 5.56 Å². The van der Waals surface area contributed by atoms with E-state index in [1.807, 2.05) is 0 Å². The molecule has 5 heteroatoms. The van der Waals surface area contributed by atoms with Crippen molar-refractivity contribution in [3.63, 3.8) is 0 Å². The van der Waals surface area contributed by atoms with Crippen molar-refractivity contribution in [2.75, 3.05) is 0 Å². The molecule has 1 aliphatic rings. The summed E-state index contributed by atoms with van der Waals surface area (Å²) in [5, 5.41) is 6.54. The predicted molar refractivity (Wildman–Crippen MR) is 56.9 cm³/mol. The smallest absolute Gasteiger partial charge is 0.212 e. The van der Waals surface area contributed by atoms with Gasteiger partial charge in [-0.25, -0.2) is 0 Å². The second-order valence-corrected chi connectivity index (χ2v) is 3.89. The molecule has 0 bridgehead atoms. The number of halogens is 1. The minimum atomic E-state index is -0.260. The summed E-state index contributed by atoms with van der Waals surface area (Å²) in [4.78, 5) is 24.0. The molecule has 1 aromatic carbocycles. The van der Waals surface area contributed by atoms with Crippen molar-refractivity contribution >= 4 is 23.2 Å². The second-order valence-electron chi connectivity index (χ2n) is 3.48. The number of fused-ring (bicyclic) bond motifs is 2. The van der Waals surface area contributed by atoms with Gasteiger partial charge in [0.2, 0.25) is 5.78 Å². The number of aromatic amines is 1. The molecule has 16 heavy (non-hydrogen) atoms. The Balaban J connectivity index is 2.38. The van der Waals surface area contributed by atoms with Gasteiger partial charge < -0.3 is 0 Å². The molecule has 0 atom stereocenters. The summed E-state index contributed by atoms with van der Waals surface area (Å²) in [6, 6.07) is 4.83. The quantitative estimate of drug-likeness (QED) is 0.643. The number of H-pyrrole nitrogens is 1. The van der Waals surface area contributed by atoms with Crippen LogP contribution in [0.4, 0.5) is 0 Å². The third-order valence-corrected chi connectivity index (χ3v) is 2.91. The number of carbonyl (C=O) groups is 2. The molecule has 4 nitrogen and oxygen atoms in total. The molecule has 1 aliphatic carbocycles. The number of rotatable bonds is 0. The number of ketones is 2. The first-order valence-corrected chi connectivity index (χ1v) is 4.99. The fourth-order valence-corrected chi connectivity index (χ4v) is 2.11. The van der Waals surface area contributed by atoms with Gasteiger partial charge in [-0.2, -0.15) is 5.10 Å². The Labute approximate surface area is 95.2 Å². The van der Waals surface area contributed by atoms with Gasteiger partial charge in [0.1, 0.15) is 5.69 Å². The van der Waals surface area contributed by atoms with E-state index in [0.717, 1.165) is 0 Å². The van der Waals surface area contributed by atoms with Crippen molar-refractivity contribution in [2.24, 2.45) is 0 Å². The topological polar surface area (TPSA) is 62.8 Å². The lowest BCUT2D eigenvalue weighted by molar-refractivity contribution is 0.0977. The van der Waals surface area contributed by atoms with E-state index in [0.29, 0.717) is 10.6 Å². The maximum absolute atomic E-state index is 12.0. The van der Waals surface area contributed by atoms with Crippen molar-refractivity contribution < 1.29 is 9.59 Å². The fourth-order valence-electron chi connectivity index (χ4n) is 1.84. The fraction of sp³-hybridized carbons (Fsp3) is 0. The van der Waals surface area contributed by atoms with Crippen molar-refractivity contribution in [3.05, 3.63) is 51.8 Å². The predicted octanol–water partition coefficient (Wildman–Crippen LogP) is 1.84. The van der Waals surface area contributed by atoms with Crippen LogP contribution in [0.25, 0.3) is 0 Å². The molecule has 0 fully saturated rings. The Hall–Kier alpha value is -1.94. The molecule has 0 radical (unpaired) electrons. The standard InChI is InChI=1S/C11H5ClN2O2/c12-7-3-1-2-5-8(7)10(15)6-4-13-14-9(6)11(5)16/h1-4H,(H,13,14). The van der Waals surface area contributed by atoms with E-state index in [2.05, 4.69) is 10.2 Å². The van der Waals surface area contributed by atoms with Crippen LogP contribution in [0.1, 0.15) is 32.0 Å². The van der Waals surface area contributed by atoms with Crippen molar-refractivity contribution in [2.45, 2.75) is 0 Å². The van der Waals surface area contributed by atoms with E-state index in [-0.39, 0.29) is 28.4 Å². The number of carbonyl (C=O) groups excluding carboxylic acids is 2. The zero-order chi connectivity index (χ0) is 11.3. The molecular formula is C11H5ClN2O2. The average molecular weight is 233 g/mol. The highest BCUT2D eigenvalue weighted by Crippen LogP contribution is 2.30. The Bertz CT molecular complexity index is 631. The molecule has 78 valence electrons. The third-order valence-electron chi connectivity index (χ3n) is 2.60. The van der Waals surface area contributed by atoms with Crippen LogP contribution in [-0.2, 0) is 0 Å². The van der Waals surface area contributed by atoms with Crippen LogP contribution < -0.4 is 0 Å². The van der Waals surface area contributed by atoms with Crippen molar-refractivity contribution in [1.29, 1.82) is 0 Å². The molecule has 3 rings (SSSR count). The van der Waals surface area contributed by atoms with E-state index in [4.69, 9.17) is 11.6 Å². The molecule has 0 unspecified atom stereocenters. The van der Waals surface area contributed by atoms with Gasteiger partial charge in [-0.15, -0.1) is 0 Å². The maximum Gasteiger partial charge on any atom is 0.212 e. The first-order valence-electron chi connectivity index (χ1n) is 4.61. The van der Waals surface area contributed by atoms with Gasteiger partial charge >= 0.3 is 0 Å². The van der Waals surface area contributed by atoms with Crippen LogP contribution in [0.5, 0.6) is 0 Å². The molecular weight excluding hydrogens is 228 g/mol. The summed E-state index contributed by atoms with van der Waals surface area (Å²) in [5.74, 6) is -0.506. The van der Waals surface area contributed by atoms with Gasteiger partial charge in [-0.1, -0.05) is 23.7 Å². The molecule has 2 aromatic rings. The summed E-state index contributed by atoms with van der Waals surface area (Å²) in [7, 11) is 0. The molecule has 0 saturated heterocycles. The van der Waals surface area contributed by atoms with Gasteiger partial charge in [0.15, 0.2) is 5.78 Å². The molecule has 0 saturated carbocycles. The molecule has 0 spiro atoms. The van der Waals surface area contributed by atoms with Crippen LogP contribution in [0.15, 0.2) is 24.4 Å². The Kier molecular flexibility index (Phi) is 1.76. The molecule has 1 N–H and O–H groups in total. The Morgan fingerprint density at radius 2 is 1.94 bits per heavy atom. The maximum atomic E-state index is 12.0. The minimum Gasteiger partial charge on any atom is -0.288 e. The van der Waals surface area contributed by atoms with Crippen LogP contribution in [0.3, 0.4) is 0 Å². The summed E-state index contributed by atoms with van der Waals surface area (Å²) in [5.41, 5.74) is 1.11. The summed E-state index contributed by atoms with van der Waals surface area (Å²) < 4.78 is 0. The van der Waals surface area contributed by atoms with E-state index in [9.17, 15) is 9.59 Å². The van der Waals surface area contributed by atoms with Crippen LogP contribution >= 0.6 is 11.6 Å². The average Bonchev–Trinajstić information content (AvgIpc) is 2.75. The van der Waals surface area contributed by atoms with E-state index < -0.39 is 0 Å². The van der Waals surface area contributed by atoms with Crippen molar-refractivity contribution in [3.8, 4) is 0 Å². The lowest BCUT2D eigenvalue weighted by atomic mass is 9.88. The zero-order valence-electron chi connectivity index (χ0n) is 7.95. The highest BCUT2D eigenvalue weighted by atomic mass is 35.5. The van der Waals surface area contributed by atoms with Crippen LogP contribution in [0, 0.1) is 0 Å². The normalized spacial score (nSPS) is 13.6. The molecule has 0 amide bonds. The lowest BCUT2D eigenvalue weighted by Gasteiger charge is -2.14. The first kappa shape index (κ1) is 9.30. The van der Waals surface area contributed by atoms with Gasteiger partial charge in [-0.3, -0.25) is 14.7 Å². The third kappa shape index (κ3) is 1.02. The molecule has 1 aromatic heterocycles. The van der Waals surface area contributed by atoms with Gasteiger partial charge in [0.05, 0.1) is 22.3 Å². The number of benzene rings is 1.